The molecule has 8 heteroatoms. The van der Waals surface area contributed by atoms with Crippen LogP contribution in [0.15, 0.2) is 35.7 Å². The first-order valence-electron chi connectivity index (χ1n) is 7.55. The standard InChI is InChI=1S/C17H19NO6.Na/c1-17(2,3)13-11(16(22)23)18-14(21)10(15(18)24-13)12(20)8-4-6-9(19)7-5-8;/h4-7,10,12,15,19-20H,1-3H3,(H,22,23);/q;+1/p-1/t10-,12-,15+;/m0./s1. The fourth-order valence-corrected chi connectivity index (χ4v) is 3.03. The van der Waals surface area contributed by atoms with Crippen LogP contribution in [0.2, 0.25) is 0 Å². The summed E-state index contributed by atoms with van der Waals surface area (Å²) < 4.78 is 5.70. The smallest absolute Gasteiger partial charge is 0.543 e. The average molecular weight is 355 g/mol. The van der Waals surface area contributed by atoms with Crippen LogP contribution in [0.3, 0.4) is 0 Å². The Kier molecular flexibility index (Phi) is 5.26. The van der Waals surface area contributed by atoms with E-state index >= 15 is 0 Å². The van der Waals surface area contributed by atoms with E-state index < -0.39 is 35.5 Å². The summed E-state index contributed by atoms with van der Waals surface area (Å²) in [7, 11) is 0. The van der Waals surface area contributed by atoms with Crippen molar-refractivity contribution in [1.82, 2.24) is 4.90 Å². The molecule has 2 aliphatic rings. The van der Waals surface area contributed by atoms with Gasteiger partial charge in [-0.05, 0) is 17.7 Å². The molecule has 1 aromatic rings. The quantitative estimate of drug-likeness (QED) is 0.449. The fraction of sp³-hybridized carbons (Fsp3) is 0.412. The van der Waals surface area contributed by atoms with Crippen molar-refractivity contribution in [2.75, 3.05) is 0 Å². The van der Waals surface area contributed by atoms with Gasteiger partial charge in [-0.2, -0.15) is 0 Å². The van der Waals surface area contributed by atoms with Crippen LogP contribution in [-0.2, 0) is 14.3 Å². The van der Waals surface area contributed by atoms with E-state index in [0.717, 1.165) is 4.90 Å². The second-order valence-corrected chi connectivity index (χ2v) is 6.99. The first-order valence-corrected chi connectivity index (χ1v) is 7.55. The second kappa shape index (κ2) is 6.64. The van der Waals surface area contributed by atoms with E-state index in [0.29, 0.717) is 5.56 Å². The Bertz CT molecular complexity index is 737. The van der Waals surface area contributed by atoms with E-state index in [1.54, 1.807) is 20.8 Å². The third kappa shape index (κ3) is 3.17. The van der Waals surface area contributed by atoms with Gasteiger partial charge in [0.15, 0.2) is 6.23 Å². The number of aliphatic hydroxyl groups excluding tert-OH is 1. The number of aliphatic hydroxyl groups is 1. The number of nitrogens with zero attached hydrogens (tertiary/aromatic N) is 1. The van der Waals surface area contributed by atoms with E-state index in [1.807, 2.05) is 0 Å². The molecule has 2 aliphatic heterocycles. The number of rotatable bonds is 3. The largest absolute Gasteiger partial charge is 1.00 e. The maximum atomic E-state index is 12.4. The molecule has 1 fully saturated rings. The Morgan fingerprint density at radius 2 is 1.84 bits per heavy atom. The molecule has 0 aliphatic carbocycles. The average Bonchev–Trinajstić information content (AvgIpc) is 2.83. The van der Waals surface area contributed by atoms with Gasteiger partial charge in [-0.15, -0.1) is 0 Å². The van der Waals surface area contributed by atoms with Gasteiger partial charge in [0, 0.05) is 5.41 Å². The molecule has 1 amide bonds. The number of aliphatic carboxylic acids is 1. The van der Waals surface area contributed by atoms with Gasteiger partial charge in [0.1, 0.15) is 23.1 Å². The zero-order chi connectivity index (χ0) is 17.8. The maximum Gasteiger partial charge on any atom is 1.00 e. The molecule has 3 atom stereocenters. The minimum atomic E-state index is -1.48. The van der Waals surface area contributed by atoms with Crippen molar-refractivity contribution in [3.05, 3.63) is 41.3 Å². The van der Waals surface area contributed by atoms with Crippen molar-refractivity contribution in [3.63, 3.8) is 0 Å². The van der Waals surface area contributed by atoms with Crippen molar-refractivity contribution in [1.29, 1.82) is 0 Å². The summed E-state index contributed by atoms with van der Waals surface area (Å²) >= 11 is 0. The van der Waals surface area contributed by atoms with E-state index in [2.05, 4.69) is 0 Å². The summed E-state index contributed by atoms with van der Waals surface area (Å²) in [4.78, 5) is 24.9. The van der Waals surface area contributed by atoms with E-state index in [-0.39, 0.29) is 46.8 Å². The Morgan fingerprint density at radius 1 is 1.28 bits per heavy atom. The number of aromatic hydroxyl groups is 1. The van der Waals surface area contributed by atoms with Crippen molar-refractivity contribution >= 4 is 11.9 Å². The Morgan fingerprint density at radius 3 is 2.32 bits per heavy atom. The van der Waals surface area contributed by atoms with Crippen LogP contribution in [0.25, 0.3) is 0 Å². The number of hydrogen-bond acceptors (Lipinski definition) is 6. The number of ether oxygens (including phenoxy) is 1. The molecule has 2 N–H and O–H groups in total. The number of hydrogen-bond donors (Lipinski definition) is 2. The van der Waals surface area contributed by atoms with Gasteiger partial charge >= 0.3 is 29.6 Å². The minimum Gasteiger partial charge on any atom is -0.543 e. The molecular formula is C17H18NNaO6. The van der Waals surface area contributed by atoms with Crippen LogP contribution < -0.4 is 34.7 Å². The number of benzene rings is 1. The molecule has 1 aromatic carbocycles. The number of carbonyl (C=O) groups is 2. The minimum absolute atomic E-state index is 0. The molecule has 0 bridgehead atoms. The molecule has 0 saturated carbocycles. The molecule has 0 spiro atoms. The van der Waals surface area contributed by atoms with Crippen molar-refractivity contribution in [2.24, 2.45) is 11.3 Å². The van der Waals surface area contributed by atoms with Gasteiger partial charge in [0.25, 0.3) is 0 Å². The van der Waals surface area contributed by atoms with E-state index in [1.165, 1.54) is 24.3 Å². The summed E-state index contributed by atoms with van der Waals surface area (Å²) in [5, 5.41) is 31.2. The summed E-state index contributed by atoms with van der Waals surface area (Å²) in [5.74, 6) is -2.71. The van der Waals surface area contributed by atoms with Crippen molar-refractivity contribution in [3.8, 4) is 5.75 Å². The van der Waals surface area contributed by atoms with Gasteiger partial charge in [-0.3, -0.25) is 9.69 Å². The van der Waals surface area contributed by atoms with Gasteiger partial charge in [0.2, 0.25) is 5.91 Å². The molecular weight excluding hydrogens is 337 g/mol. The summed E-state index contributed by atoms with van der Waals surface area (Å²) in [6, 6.07) is 5.81. The molecule has 128 valence electrons. The normalized spacial score (nSPS) is 23.4. The SMILES string of the molecule is CC(C)(C)C1=C(C(=O)[O-])N2C(=O)[C@H]([C@@H](O)c3ccc(O)cc3)[C@H]2O1.[Na+]. The third-order valence-electron chi connectivity index (χ3n) is 4.23. The zero-order valence-corrected chi connectivity index (χ0v) is 16.5. The Labute approximate surface area is 167 Å². The number of phenolic OH excluding ortho intramolecular Hbond substituents is 1. The summed E-state index contributed by atoms with van der Waals surface area (Å²) in [5.41, 5.74) is -0.457. The molecule has 3 rings (SSSR count). The van der Waals surface area contributed by atoms with Crippen LogP contribution in [0.4, 0.5) is 0 Å². The number of β-lactam (4-membered cyclic amide) rings is 1. The van der Waals surface area contributed by atoms with Crippen LogP contribution in [-0.4, -0.2) is 33.2 Å². The molecule has 0 radical (unpaired) electrons. The van der Waals surface area contributed by atoms with Crippen molar-refractivity contribution < 1.29 is 59.2 Å². The number of carboxylic acid groups (broad SMARTS) is 1. The van der Waals surface area contributed by atoms with E-state index in [4.69, 9.17) is 4.74 Å². The molecule has 0 unspecified atom stereocenters. The fourth-order valence-electron chi connectivity index (χ4n) is 3.03. The van der Waals surface area contributed by atoms with Crippen LogP contribution in [0, 0.1) is 11.3 Å². The van der Waals surface area contributed by atoms with Crippen LogP contribution in [0.1, 0.15) is 32.4 Å². The van der Waals surface area contributed by atoms with Crippen LogP contribution >= 0.6 is 0 Å². The number of allylic oxidation sites excluding steroid dienone is 1. The third-order valence-corrected chi connectivity index (χ3v) is 4.23. The Hall–Kier alpha value is -1.54. The topological polar surface area (TPSA) is 110 Å². The van der Waals surface area contributed by atoms with Gasteiger partial charge < -0.3 is 24.9 Å². The predicted octanol–water partition coefficient (Wildman–Crippen LogP) is -2.75. The number of fused-ring (bicyclic) bond motifs is 1. The Balaban J connectivity index is 0.00000225. The van der Waals surface area contributed by atoms with Crippen LogP contribution in [0.5, 0.6) is 5.75 Å². The molecule has 7 nitrogen and oxygen atoms in total. The first-order chi connectivity index (χ1) is 11.1. The molecule has 2 heterocycles. The first kappa shape index (κ1) is 19.8. The number of carbonyl (C=O) groups excluding carboxylic acids is 2. The number of phenols is 1. The monoisotopic (exact) mass is 355 g/mol. The number of amides is 1. The molecule has 1 saturated heterocycles. The van der Waals surface area contributed by atoms with Crippen molar-refractivity contribution in [2.45, 2.75) is 33.1 Å². The predicted molar refractivity (Wildman–Crippen MR) is 79.8 cm³/mol. The number of carboxylic acids is 1. The summed E-state index contributed by atoms with van der Waals surface area (Å²) in [6.45, 7) is 5.31. The maximum absolute atomic E-state index is 12.4. The zero-order valence-electron chi connectivity index (χ0n) is 14.5. The second-order valence-electron chi connectivity index (χ2n) is 6.99. The van der Waals surface area contributed by atoms with Gasteiger partial charge in [-0.1, -0.05) is 32.9 Å². The molecule has 25 heavy (non-hydrogen) atoms. The van der Waals surface area contributed by atoms with Gasteiger partial charge in [-0.25, -0.2) is 0 Å². The molecule has 0 aromatic heterocycles. The van der Waals surface area contributed by atoms with E-state index in [9.17, 15) is 24.9 Å². The van der Waals surface area contributed by atoms with Gasteiger partial charge in [0.05, 0.1) is 12.1 Å². The summed E-state index contributed by atoms with van der Waals surface area (Å²) in [6.07, 6.45) is -2.04.